The fourth-order valence-electron chi connectivity index (χ4n) is 2.77. The summed E-state index contributed by atoms with van der Waals surface area (Å²) in [7, 11) is 0. The number of nitrogens with zero attached hydrogens (tertiary/aromatic N) is 2. The molecule has 0 spiro atoms. The zero-order chi connectivity index (χ0) is 18.6. The zero-order valence-corrected chi connectivity index (χ0v) is 17.3. The van der Waals surface area contributed by atoms with Crippen LogP contribution in [0.4, 0.5) is 4.79 Å². The summed E-state index contributed by atoms with van der Waals surface area (Å²) < 4.78 is 7.55. The molecular weight excluding hydrogens is 352 g/mol. The molecule has 25 heavy (non-hydrogen) atoms. The maximum absolute atomic E-state index is 12.5. The molecule has 0 radical (unpaired) electrons. The number of aryl methyl sites for hydroxylation is 3. The average Bonchev–Trinajstić information content (AvgIpc) is 2.96. The maximum atomic E-state index is 12.5. The summed E-state index contributed by atoms with van der Waals surface area (Å²) in [5.41, 5.74) is 4.53. The molecule has 1 unspecified atom stereocenters. The van der Waals surface area contributed by atoms with E-state index in [0.29, 0.717) is 6.54 Å². The SMILES string of the molecule is Cc1cc(C)c(C(Cn2ccnc2)SC(=O)SOC(C)(C)C)c(C)c1. The van der Waals surface area contributed by atoms with E-state index < -0.39 is 0 Å². The van der Waals surface area contributed by atoms with Gasteiger partial charge in [-0.1, -0.05) is 29.5 Å². The second-order valence-electron chi connectivity index (χ2n) is 7.21. The number of hydrogen-bond acceptors (Lipinski definition) is 5. The molecule has 0 saturated heterocycles. The predicted molar refractivity (Wildman–Crippen MR) is 107 cm³/mol. The summed E-state index contributed by atoms with van der Waals surface area (Å²) in [6.07, 6.45) is 5.47. The van der Waals surface area contributed by atoms with Crippen LogP contribution in [0.15, 0.2) is 30.9 Å². The van der Waals surface area contributed by atoms with E-state index in [1.54, 1.807) is 12.5 Å². The van der Waals surface area contributed by atoms with Crippen molar-refractivity contribution in [2.45, 2.75) is 58.9 Å². The first-order chi connectivity index (χ1) is 11.7. The Morgan fingerprint density at radius 2 is 1.88 bits per heavy atom. The highest BCUT2D eigenvalue weighted by Gasteiger charge is 2.23. The predicted octanol–water partition coefficient (Wildman–Crippen LogP) is 5.87. The topological polar surface area (TPSA) is 44.1 Å². The summed E-state index contributed by atoms with van der Waals surface area (Å²) in [4.78, 5) is 16.6. The third kappa shape index (κ3) is 6.20. The standard InChI is InChI=1S/C19H26N2O2S2/c1-13-9-14(2)17(15(3)10-13)16(11-21-8-7-20-12-21)24-18(22)25-23-19(4,5)6/h7-10,12,16H,11H2,1-6H3. The minimum Gasteiger partial charge on any atom is -0.336 e. The van der Waals surface area contributed by atoms with E-state index in [0.717, 1.165) is 12.0 Å². The van der Waals surface area contributed by atoms with Crippen LogP contribution in [0, 0.1) is 20.8 Å². The van der Waals surface area contributed by atoms with Gasteiger partial charge in [0.05, 0.1) is 29.2 Å². The highest BCUT2D eigenvalue weighted by molar-refractivity contribution is 8.36. The molecule has 0 saturated carbocycles. The van der Waals surface area contributed by atoms with Crippen LogP contribution in [0.25, 0.3) is 0 Å². The van der Waals surface area contributed by atoms with Gasteiger partial charge < -0.3 is 8.75 Å². The summed E-state index contributed by atoms with van der Waals surface area (Å²) >= 11 is 2.25. The first-order valence-electron chi connectivity index (χ1n) is 8.25. The molecule has 0 aliphatic heterocycles. The zero-order valence-electron chi connectivity index (χ0n) is 15.7. The van der Waals surface area contributed by atoms with Crippen LogP contribution >= 0.6 is 23.8 Å². The molecule has 0 aliphatic rings. The van der Waals surface area contributed by atoms with E-state index in [1.165, 1.54) is 34.0 Å². The van der Waals surface area contributed by atoms with Crippen LogP contribution in [-0.2, 0) is 10.7 Å². The molecule has 1 aromatic heterocycles. The number of carbonyl (C=O) groups is 1. The fraction of sp³-hybridized carbons (Fsp3) is 0.474. The first-order valence-corrected chi connectivity index (χ1v) is 9.87. The van der Waals surface area contributed by atoms with Crippen LogP contribution in [0.2, 0.25) is 0 Å². The average molecular weight is 379 g/mol. The number of rotatable bonds is 5. The molecule has 2 rings (SSSR count). The Morgan fingerprint density at radius 3 is 2.40 bits per heavy atom. The molecule has 0 N–H and O–H groups in total. The molecule has 4 nitrogen and oxygen atoms in total. The molecule has 1 heterocycles. The summed E-state index contributed by atoms with van der Waals surface area (Å²) in [6, 6.07) is 4.35. The highest BCUT2D eigenvalue weighted by Crippen LogP contribution is 2.39. The number of imidazole rings is 1. The van der Waals surface area contributed by atoms with Crippen LogP contribution < -0.4 is 0 Å². The largest absolute Gasteiger partial charge is 0.336 e. The van der Waals surface area contributed by atoms with E-state index in [2.05, 4.69) is 37.9 Å². The van der Waals surface area contributed by atoms with E-state index in [9.17, 15) is 4.79 Å². The fourth-order valence-corrected chi connectivity index (χ4v) is 4.66. The Balaban J connectivity index is 2.23. The number of benzene rings is 1. The van der Waals surface area contributed by atoms with Crippen LogP contribution in [0.1, 0.15) is 48.3 Å². The van der Waals surface area contributed by atoms with Gasteiger partial charge in [-0.3, -0.25) is 4.79 Å². The number of aromatic nitrogens is 2. The molecule has 1 aromatic carbocycles. The molecule has 1 atom stereocenters. The molecule has 136 valence electrons. The first kappa shape index (κ1) is 20.1. The second-order valence-corrected chi connectivity index (χ2v) is 9.35. The lowest BCUT2D eigenvalue weighted by atomic mass is 9.97. The van der Waals surface area contributed by atoms with Crippen molar-refractivity contribution in [3.8, 4) is 0 Å². The lowest BCUT2D eigenvalue weighted by Gasteiger charge is -2.22. The Hall–Kier alpha value is -1.24. The van der Waals surface area contributed by atoms with E-state index in [1.807, 2.05) is 31.5 Å². The molecule has 2 aromatic rings. The normalized spacial score (nSPS) is 13.0. The minimum absolute atomic E-state index is 0.0124. The Kier molecular flexibility index (Phi) is 6.77. The monoisotopic (exact) mass is 378 g/mol. The lowest BCUT2D eigenvalue weighted by Crippen LogP contribution is -2.16. The van der Waals surface area contributed by atoms with Crippen molar-refractivity contribution < 1.29 is 8.98 Å². The number of thioether (sulfide) groups is 1. The van der Waals surface area contributed by atoms with Crippen molar-refractivity contribution in [1.82, 2.24) is 9.55 Å². The summed E-state index contributed by atoms with van der Waals surface area (Å²) in [5.74, 6) is 0. The van der Waals surface area contributed by atoms with Crippen molar-refractivity contribution in [2.75, 3.05) is 0 Å². The van der Waals surface area contributed by atoms with E-state index in [-0.39, 0.29) is 15.3 Å². The third-order valence-corrected chi connectivity index (χ3v) is 5.67. The van der Waals surface area contributed by atoms with E-state index >= 15 is 0 Å². The molecule has 0 bridgehead atoms. The molecule has 0 aliphatic carbocycles. The summed E-state index contributed by atoms with van der Waals surface area (Å²) in [6.45, 7) is 12.8. The molecular formula is C19H26N2O2S2. The van der Waals surface area contributed by atoms with Gasteiger partial charge in [0.2, 0.25) is 0 Å². The van der Waals surface area contributed by atoms with Gasteiger partial charge in [-0.05, 0) is 58.2 Å². The van der Waals surface area contributed by atoms with Gasteiger partial charge in [0.15, 0.2) is 0 Å². The minimum atomic E-state index is -0.351. The number of carbonyl (C=O) groups excluding carboxylic acids is 1. The van der Waals surface area contributed by atoms with Gasteiger partial charge in [-0.25, -0.2) is 4.98 Å². The third-order valence-electron chi connectivity index (χ3n) is 3.59. The Labute approximate surface area is 159 Å². The van der Waals surface area contributed by atoms with Crippen LogP contribution in [-0.4, -0.2) is 19.6 Å². The van der Waals surface area contributed by atoms with Gasteiger partial charge in [-0.2, -0.15) is 0 Å². The van der Waals surface area contributed by atoms with Crippen LogP contribution in [0.5, 0.6) is 0 Å². The molecule has 0 fully saturated rings. The highest BCUT2D eigenvalue weighted by atomic mass is 32.2. The number of hydrogen-bond donors (Lipinski definition) is 0. The molecule has 0 amide bonds. The lowest BCUT2D eigenvalue weighted by molar-refractivity contribution is 0.165. The van der Waals surface area contributed by atoms with Crippen molar-refractivity contribution >= 4 is 28.3 Å². The quantitative estimate of drug-likeness (QED) is 0.609. The molecule has 6 heteroatoms. The van der Waals surface area contributed by atoms with Crippen molar-refractivity contribution in [1.29, 1.82) is 0 Å². The van der Waals surface area contributed by atoms with E-state index in [4.69, 9.17) is 4.18 Å². The Bertz CT molecular complexity index is 699. The van der Waals surface area contributed by atoms with Crippen molar-refractivity contribution in [3.05, 3.63) is 53.1 Å². The van der Waals surface area contributed by atoms with Crippen LogP contribution in [0.3, 0.4) is 0 Å². The van der Waals surface area contributed by atoms with Gasteiger partial charge in [0.1, 0.15) is 0 Å². The van der Waals surface area contributed by atoms with Crippen molar-refractivity contribution in [3.63, 3.8) is 0 Å². The van der Waals surface area contributed by atoms with Gasteiger partial charge >= 0.3 is 0 Å². The second kappa shape index (κ2) is 8.43. The smallest absolute Gasteiger partial charge is 0.273 e. The Morgan fingerprint density at radius 1 is 1.24 bits per heavy atom. The van der Waals surface area contributed by atoms with Crippen molar-refractivity contribution in [2.24, 2.45) is 0 Å². The maximum Gasteiger partial charge on any atom is 0.273 e. The van der Waals surface area contributed by atoms with Gasteiger partial charge in [-0.15, -0.1) is 0 Å². The van der Waals surface area contributed by atoms with Gasteiger partial charge in [0, 0.05) is 18.9 Å². The summed E-state index contributed by atoms with van der Waals surface area (Å²) in [5, 5.41) is 0.0124. The van der Waals surface area contributed by atoms with Gasteiger partial charge in [0.25, 0.3) is 4.45 Å².